The molecule has 2 heterocycles. The summed E-state index contributed by atoms with van der Waals surface area (Å²) < 4.78 is 0. The molecule has 1 N–H and O–H groups in total. The number of allylic oxidation sites excluding steroid dienone is 1. The minimum absolute atomic E-state index is 0.977. The van der Waals surface area contributed by atoms with Gasteiger partial charge in [-0.2, -0.15) is 0 Å². The molecule has 1 aromatic heterocycles. The van der Waals surface area contributed by atoms with E-state index < -0.39 is 0 Å². The van der Waals surface area contributed by atoms with Crippen LogP contribution in [0.15, 0.2) is 188 Å². The predicted molar refractivity (Wildman–Crippen MR) is 225 cm³/mol. The van der Waals surface area contributed by atoms with Crippen LogP contribution in [0.25, 0.3) is 88.2 Å². The zero-order valence-corrected chi connectivity index (χ0v) is 29.3. The van der Waals surface area contributed by atoms with Gasteiger partial charge in [0.2, 0.25) is 0 Å². The molecule has 0 saturated heterocycles. The van der Waals surface area contributed by atoms with Gasteiger partial charge >= 0.3 is 0 Å². The van der Waals surface area contributed by atoms with E-state index in [0.717, 1.165) is 35.3 Å². The highest BCUT2D eigenvalue weighted by Crippen LogP contribution is 2.42. The maximum atomic E-state index is 5.19. The van der Waals surface area contributed by atoms with Crippen molar-refractivity contribution in [2.45, 2.75) is 12.8 Å². The summed E-state index contributed by atoms with van der Waals surface area (Å²) in [7, 11) is 0. The average molecular weight is 677 g/mol. The second-order valence-electron chi connectivity index (χ2n) is 13.9. The molecule has 0 amide bonds. The van der Waals surface area contributed by atoms with Gasteiger partial charge < -0.3 is 5.32 Å². The summed E-state index contributed by atoms with van der Waals surface area (Å²) >= 11 is 0. The second kappa shape index (κ2) is 13.1. The lowest BCUT2D eigenvalue weighted by molar-refractivity contribution is 1.00. The molecule has 53 heavy (non-hydrogen) atoms. The highest BCUT2D eigenvalue weighted by molar-refractivity contribution is 6.14. The monoisotopic (exact) mass is 676 g/mol. The molecule has 0 aliphatic carbocycles. The molecule has 2 nitrogen and oxygen atoms in total. The Bertz CT molecular complexity index is 2870. The smallest absolute Gasteiger partial charge is 0.0722 e. The van der Waals surface area contributed by atoms with Gasteiger partial charge in [0.05, 0.1) is 11.2 Å². The molecule has 8 aromatic carbocycles. The number of hydrogen-bond donors (Lipinski definition) is 1. The van der Waals surface area contributed by atoms with Crippen LogP contribution in [0.5, 0.6) is 0 Å². The molecule has 0 bridgehead atoms. The summed E-state index contributed by atoms with van der Waals surface area (Å²) in [6.07, 6.45) is 6.31. The molecule has 0 fully saturated rings. The number of aryl methyl sites for hydroxylation is 1. The molecule has 1 aliphatic heterocycles. The Kier molecular flexibility index (Phi) is 7.66. The number of pyridine rings is 1. The summed E-state index contributed by atoms with van der Waals surface area (Å²) in [5, 5.41) is 9.63. The molecule has 9 aromatic rings. The van der Waals surface area contributed by atoms with E-state index >= 15 is 0 Å². The number of nitrogens with zero attached hydrogens (tertiary/aromatic N) is 1. The molecule has 0 radical (unpaired) electrons. The Morgan fingerprint density at radius 3 is 1.94 bits per heavy atom. The van der Waals surface area contributed by atoms with Crippen molar-refractivity contribution in [3.05, 3.63) is 194 Å². The van der Waals surface area contributed by atoms with Gasteiger partial charge in [0.15, 0.2) is 0 Å². The molecule has 10 rings (SSSR count). The highest BCUT2D eigenvalue weighted by Gasteiger charge is 2.17. The van der Waals surface area contributed by atoms with Crippen LogP contribution in [0.4, 0.5) is 5.69 Å². The second-order valence-corrected chi connectivity index (χ2v) is 13.9. The SMILES string of the molecule is C1=CNc2ccccc2-c2cc(-c3ccc(-c4cccc(-c5cc(-c6ccccc6)nc6ccc7ccccc7c56)c4)c4ccccc34)ccc2CC1. The van der Waals surface area contributed by atoms with Crippen molar-refractivity contribution >= 4 is 38.1 Å². The first-order chi connectivity index (χ1) is 26.3. The van der Waals surface area contributed by atoms with Crippen LogP contribution >= 0.6 is 0 Å². The number of aromatic nitrogens is 1. The van der Waals surface area contributed by atoms with Crippen LogP contribution in [0.3, 0.4) is 0 Å². The van der Waals surface area contributed by atoms with E-state index in [9.17, 15) is 0 Å². The molecular formula is C51H36N2. The Morgan fingerprint density at radius 2 is 1.11 bits per heavy atom. The van der Waals surface area contributed by atoms with Crippen LogP contribution in [0, 0.1) is 0 Å². The first-order valence-corrected chi connectivity index (χ1v) is 18.4. The molecule has 0 spiro atoms. The molecular weight excluding hydrogens is 641 g/mol. The van der Waals surface area contributed by atoms with E-state index in [1.165, 1.54) is 77.0 Å². The van der Waals surface area contributed by atoms with Crippen LogP contribution in [-0.2, 0) is 6.42 Å². The van der Waals surface area contributed by atoms with Crippen molar-refractivity contribution in [3.63, 3.8) is 0 Å². The van der Waals surface area contributed by atoms with E-state index in [1.54, 1.807) is 0 Å². The third-order valence-corrected chi connectivity index (χ3v) is 10.8. The fourth-order valence-corrected chi connectivity index (χ4v) is 8.18. The average Bonchev–Trinajstić information content (AvgIpc) is 3.32. The number of nitrogens with one attached hydrogen (secondary N) is 1. The number of fused-ring (bicyclic) bond motifs is 7. The van der Waals surface area contributed by atoms with Gasteiger partial charge in [0, 0.05) is 22.2 Å². The minimum Gasteiger partial charge on any atom is -0.362 e. The van der Waals surface area contributed by atoms with Crippen molar-refractivity contribution in [1.82, 2.24) is 4.98 Å². The standard InChI is InChI=1S/C51H36N2/c1-2-15-36(16-3-1)50-33-47(51-42-19-5-4-13-34(42)26-29-49(51)53-50)38-18-12-17-37(31-38)40-27-28-41(44-21-7-6-20-43(40)44)39-25-24-35-14-10-11-30-52-48-23-9-8-22-45(48)46(35)32-39/h1-9,11-13,15-33,52H,10,14H2. The summed E-state index contributed by atoms with van der Waals surface area (Å²) in [5.74, 6) is 0. The van der Waals surface area contributed by atoms with Gasteiger partial charge in [-0.1, -0.05) is 152 Å². The van der Waals surface area contributed by atoms with Crippen LogP contribution in [-0.4, -0.2) is 4.98 Å². The largest absolute Gasteiger partial charge is 0.362 e. The maximum absolute atomic E-state index is 5.19. The zero-order chi connectivity index (χ0) is 35.1. The van der Waals surface area contributed by atoms with E-state index in [1.807, 2.05) is 0 Å². The minimum atomic E-state index is 0.977. The Labute approximate surface area is 309 Å². The van der Waals surface area contributed by atoms with E-state index in [0.29, 0.717) is 0 Å². The summed E-state index contributed by atoms with van der Waals surface area (Å²) in [6, 6.07) is 64.0. The van der Waals surface area contributed by atoms with Crippen molar-refractivity contribution in [1.29, 1.82) is 0 Å². The highest BCUT2D eigenvalue weighted by atomic mass is 14.8. The van der Waals surface area contributed by atoms with Crippen molar-refractivity contribution < 1.29 is 0 Å². The predicted octanol–water partition coefficient (Wildman–Crippen LogP) is 13.7. The number of para-hydroxylation sites is 1. The van der Waals surface area contributed by atoms with Crippen molar-refractivity contribution in [3.8, 4) is 55.8 Å². The molecule has 0 atom stereocenters. The molecule has 0 unspecified atom stereocenters. The molecule has 1 aliphatic rings. The fourth-order valence-electron chi connectivity index (χ4n) is 8.18. The number of anilines is 1. The van der Waals surface area contributed by atoms with Crippen LogP contribution < -0.4 is 5.32 Å². The molecule has 0 saturated carbocycles. The Balaban J connectivity index is 1.13. The molecule has 250 valence electrons. The van der Waals surface area contributed by atoms with Gasteiger partial charge in [-0.15, -0.1) is 0 Å². The van der Waals surface area contributed by atoms with Gasteiger partial charge in [0.25, 0.3) is 0 Å². The normalized spacial score (nSPS) is 12.5. The van der Waals surface area contributed by atoms with Crippen LogP contribution in [0.2, 0.25) is 0 Å². The maximum Gasteiger partial charge on any atom is 0.0722 e. The fraction of sp³-hybridized carbons (Fsp3) is 0.0392. The number of rotatable bonds is 4. The number of hydrogen-bond acceptors (Lipinski definition) is 2. The summed E-state index contributed by atoms with van der Waals surface area (Å²) in [5.41, 5.74) is 15.4. The van der Waals surface area contributed by atoms with Gasteiger partial charge in [-0.3, -0.25) is 0 Å². The van der Waals surface area contributed by atoms with Crippen LogP contribution in [0.1, 0.15) is 12.0 Å². The first kappa shape index (κ1) is 31.0. The van der Waals surface area contributed by atoms with E-state index in [2.05, 4.69) is 194 Å². The zero-order valence-electron chi connectivity index (χ0n) is 29.3. The summed E-state index contributed by atoms with van der Waals surface area (Å²) in [6.45, 7) is 0. The first-order valence-electron chi connectivity index (χ1n) is 18.4. The lowest BCUT2D eigenvalue weighted by atomic mass is 9.88. The van der Waals surface area contributed by atoms with Gasteiger partial charge in [-0.05, 0) is 115 Å². The van der Waals surface area contributed by atoms with Crippen molar-refractivity contribution in [2.24, 2.45) is 0 Å². The van der Waals surface area contributed by atoms with Crippen molar-refractivity contribution in [2.75, 3.05) is 5.32 Å². The third-order valence-electron chi connectivity index (χ3n) is 10.8. The van der Waals surface area contributed by atoms with Gasteiger partial charge in [-0.25, -0.2) is 4.98 Å². The summed E-state index contributed by atoms with van der Waals surface area (Å²) in [4.78, 5) is 5.19. The number of benzene rings is 8. The topological polar surface area (TPSA) is 24.9 Å². The van der Waals surface area contributed by atoms with E-state index in [4.69, 9.17) is 4.98 Å². The Morgan fingerprint density at radius 1 is 0.434 bits per heavy atom. The quantitative estimate of drug-likeness (QED) is 0.188. The van der Waals surface area contributed by atoms with Gasteiger partial charge in [0.1, 0.15) is 0 Å². The lowest BCUT2D eigenvalue weighted by Gasteiger charge is -2.17. The van der Waals surface area contributed by atoms with E-state index in [-0.39, 0.29) is 0 Å². The molecule has 2 heteroatoms. The third kappa shape index (κ3) is 5.57. The Hall–Kier alpha value is -6.77. The lowest BCUT2D eigenvalue weighted by Crippen LogP contribution is -1.94.